The van der Waals surface area contributed by atoms with Gasteiger partial charge in [0.2, 0.25) is 0 Å². The fraction of sp³-hybridized carbons (Fsp3) is 0.667. The molecule has 0 amide bonds. The highest BCUT2D eigenvalue weighted by atomic mass is 32.2. The van der Waals surface area contributed by atoms with Crippen LogP contribution in [0.1, 0.15) is 13.8 Å². The van der Waals surface area contributed by atoms with Crippen LogP contribution in [-0.2, 0) is 15.0 Å². The third-order valence-electron chi connectivity index (χ3n) is 1.22. The molecule has 0 saturated carbocycles. The van der Waals surface area contributed by atoms with Gasteiger partial charge in [0.1, 0.15) is 0 Å². The van der Waals surface area contributed by atoms with Gasteiger partial charge in [-0.2, -0.15) is 0 Å². The van der Waals surface area contributed by atoms with E-state index in [4.69, 9.17) is 4.18 Å². The van der Waals surface area contributed by atoms with Crippen LogP contribution in [0.25, 0.3) is 0 Å². The van der Waals surface area contributed by atoms with Gasteiger partial charge in [-0.3, -0.25) is 8.39 Å². The third kappa shape index (κ3) is 2.44. The van der Waals surface area contributed by atoms with E-state index in [1.165, 1.54) is 0 Å². The first-order chi connectivity index (χ1) is 4.56. The zero-order valence-electron chi connectivity index (χ0n) is 6.33. The van der Waals surface area contributed by atoms with Crippen molar-refractivity contribution in [2.24, 2.45) is 0 Å². The van der Waals surface area contributed by atoms with Crippen molar-refractivity contribution < 1.29 is 8.39 Å². The zero-order chi connectivity index (χ0) is 8.20. The normalized spacial score (nSPS) is 20.8. The van der Waals surface area contributed by atoms with Gasteiger partial charge in [0.15, 0.2) is 4.93 Å². The standard InChI is InChI=1S/C6H12O2S2/c1-4-5-6(2,8-9)10(3)7/h4-5,9H,1-3H3. The summed E-state index contributed by atoms with van der Waals surface area (Å²) in [6, 6.07) is 0. The Hall–Kier alpha value is 0.200. The van der Waals surface area contributed by atoms with Gasteiger partial charge in [-0.25, -0.2) is 0 Å². The maximum absolute atomic E-state index is 11.0. The lowest BCUT2D eigenvalue weighted by Gasteiger charge is -2.19. The minimum atomic E-state index is -1.05. The van der Waals surface area contributed by atoms with E-state index < -0.39 is 15.7 Å². The topological polar surface area (TPSA) is 26.3 Å². The van der Waals surface area contributed by atoms with Crippen LogP contribution < -0.4 is 0 Å². The second-order valence-electron chi connectivity index (χ2n) is 2.06. The summed E-state index contributed by atoms with van der Waals surface area (Å²) in [4.78, 5) is -0.752. The molecule has 2 atom stereocenters. The molecule has 0 radical (unpaired) electrons. The molecule has 0 aromatic heterocycles. The van der Waals surface area contributed by atoms with E-state index in [1.54, 1.807) is 25.3 Å². The molecule has 0 aliphatic rings. The SMILES string of the molecule is CC=CC(C)(OS)S(C)=O. The number of rotatable bonds is 3. The van der Waals surface area contributed by atoms with Gasteiger partial charge in [-0.1, -0.05) is 6.08 Å². The molecule has 2 unspecified atom stereocenters. The largest absolute Gasteiger partial charge is 0.295 e. The first-order valence-electron chi connectivity index (χ1n) is 2.87. The highest BCUT2D eigenvalue weighted by molar-refractivity contribution is 7.86. The molecular formula is C6H12O2S2. The minimum Gasteiger partial charge on any atom is -0.295 e. The fourth-order valence-corrected chi connectivity index (χ4v) is 1.29. The van der Waals surface area contributed by atoms with Crippen LogP contribution >= 0.6 is 12.9 Å². The van der Waals surface area contributed by atoms with Crippen molar-refractivity contribution in [3.63, 3.8) is 0 Å². The lowest BCUT2D eigenvalue weighted by molar-refractivity contribution is 0.281. The molecule has 0 aliphatic heterocycles. The molecule has 0 aliphatic carbocycles. The summed E-state index contributed by atoms with van der Waals surface area (Å²) < 4.78 is 15.7. The van der Waals surface area contributed by atoms with Gasteiger partial charge in [0.25, 0.3) is 0 Å². The van der Waals surface area contributed by atoms with Crippen molar-refractivity contribution in [2.75, 3.05) is 6.26 Å². The Balaban J connectivity index is 4.38. The summed E-state index contributed by atoms with van der Waals surface area (Å²) in [6.45, 7) is 3.56. The van der Waals surface area contributed by atoms with Crippen LogP contribution in [0.15, 0.2) is 12.2 Å². The van der Waals surface area contributed by atoms with E-state index in [-0.39, 0.29) is 0 Å². The van der Waals surface area contributed by atoms with Gasteiger partial charge in [0.05, 0.1) is 10.8 Å². The van der Waals surface area contributed by atoms with Crippen LogP contribution in [0.5, 0.6) is 0 Å². The molecule has 0 rings (SSSR count). The predicted octanol–water partition coefficient (Wildman–Crippen LogP) is 1.52. The van der Waals surface area contributed by atoms with Crippen molar-refractivity contribution in [1.29, 1.82) is 0 Å². The van der Waals surface area contributed by atoms with Crippen molar-refractivity contribution in [3.8, 4) is 0 Å². The highest BCUT2D eigenvalue weighted by Gasteiger charge is 2.24. The fourth-order valence-electron chi connectivity index (χ4n) is 0.481. The van der Waals surface area contributed by atoms with Crippen LogP contribution in [0, 0.1) is 0 Å². The van der Waals surface area contributed by atoms with E-state index in [1.807, 2.05) is 6.92 Å². The molecule has 0 spiro atoms. The van der Waals surface area contributed by atoms with E-state index >= 15 is 0 Å². The first-order valence-corrected chi connectivity index (χ1v) is 4.79. The Bertz CT molecular complexity index is 156. The highest BCUT2D eigenvalue weighted by Crippen LogP contribution is 2.17. The van der Waals surface area contributed by atoms with Crippen molar-refractivity contribution >= 4 is 23.7 Å². The Morgan fingerprint density at radius 1 is 1.70 bits per heavy atom. The van der Waals surface area contributed by atoms with Gasteiger partial charge < -0.3 is 0 Å². The van der Waals surface area contributed by atoms with Crippen LogP contribution in [0.4, 0.5) is 0 Å². The average molecular weight is 180 g/mol. The molecule has 60 valence electrons. The van der Waals surface area contributed by atoms with Crippen LogP contribution in [-0.4, -0.2) is 15.4 Å². The first kappa shape index (κ1) is 10.2. The average Bonchev–Trinajstić information content (AvgIpc) is 1.88. The van der Waals surface area contributed by atoms with Gasteiger partial charge in [-0.05, 0) is 32.8 Å². The second-order valence-corrected chi connectivity index (χ2v) is 3.96. The van der Waals surface area contributed by atoms with Gasteiger partial charge >= 0.3 is 0 Å². The lowest BCUT2D eigenvalue weighted by atomic mass is 10.3. The Morgan fingerprint density at radius 3 is 2.30 bits per heavy atom. The molecule has 0 aromatic carbocycles. The van der Waals surface area contributed by atoms with E-state index in [9.17, 15) is 4.21 Å². The molecule has 0 saturated heterocycles. The molecule has 0 bridgehead atoms. The minimum absolute atomic E-state index is 0.752. The molecular weight excluding hydrogens is 168 g/mol. The maximum atomic E-state index is 11.0. The third-order valence-corrected chi connectivity index (χ3v) is 3.09. The van der Waals surface area contributed by atoms with Crippen LogP contribution in [0.3, 0.4) is 0 Å². The summed E-state index contributed by atoms with van der Waals surface area (Å²) >= 11 is 3.63. The number of hydrogen-bond donors (Lipinski definition) is 1. The molecule has 0 N–H and O–H groups in total. The molecule has 2 nitrogen and oxygen atoms in total. The van der Waals surface area contributed by atoms with Crippen molar-refractivity contribution in [2.45, 2.75) is 18.8 Å². The number of allylic oxidation sites excluding steroid dienone is 1. The smallest absolute Gasteiger partial charge is 0.171 e. The summed E-state index contributed by atoms with van der Waals surface area (Å²) in [5.74, 6) is 0. The summed E-state index contributed by atoms with van der Waals surface area (Å²) in [6.07, 6.45) is 5.09. The molecule has 0 aromatic rings. The molecule has 0 fully saturated rings. The second kappa shape index (κ2) is 4.16. The van der Waals surface area contributed by atoms with Gasteiger partial charge in [-0.15, -0.1) is 0 Å². The summed E-state index contributed by atoms with van der Waals surface area (Å²) in [5, 5.41) is 0. The zero-order valence-corrected chi connectivity index (χ0v) is 8.04. The van der Waals surface area contributed by atoms with Gasteiger partial charge in [0, 0.05) is 6.26 Å². The van der Waals surface area contributed by atoms with E-state index in [2.05, 4.69) is 12.9 Å². The monoisotopic (exact) mass is 180 g/mol. The van der Waals surface area contributed by atoms with Crippen molar-refractivity contribution in [3.05, 3.63) is 12.2 Å². The Kier molecular flexibility index (Phi) is 4.24. The Labute approximate surface area is 69.7 Å². The summed E-state index contributed by atoms with van der Waals surface area (Å²) in [5.41, 5.74) is 0. The molecule has 10 heavy (non-hydrogen) atoms. The predicted molar refractivity (Wildman–Crippen MR) is 47.4 cm³/mol. The summed E-state index contributed by atoms with van der Waals surface area (Å²) in [7, 11) is -1.05. The van der Waals surface area contributed by atoms with E-state index in [0.29, 0.717) is 0 Å². The van der Waals surface area contributed by atoms with E-state index in [0.717, 1.165) is 0 Å². The lowest BCUT2D eigenvalue weighted by Crippen LogP contribution is -2.27. The number of hydrogen-bond acceptors (Lipinski definition) is 3. The Morgan fingerprint density at radius 2 is 2.20 bits per heavy atom. The molecule has 0 heterocycles. The number of thiol groups is 1. The molecule has 4 heteroatoms. The maximum Gasteiger partial charge on any atom is 0.171 e. The van der Waals surface area contributed by atoms with Crippen molar-refractivity contribution in [1.82, 2.24) is 0 Å². The quantitative estimate of drug-likeness (QED) is 0.405. The van der Waals surface area contributed by atoms with Crippen LogP contribution in [0.2, 0.25) is 0 Å².